The molecule has 0 bridgehead atoms. The number of aromatic nitrogens is 1. The normalized spacial score (nSPS) is 21.3. The second kappa shape index (κ2) is 6.19. The Morgan fingerprint density at radius 1 is 1.44 bits per heavy atom. The summed E-state index contributed by atoms with van der Waals surface area (Å²) in [5.41, 5.74) is 8.24. The van der Waals surface area contributed by atoms with Gasteiger partial charge in [-0.2, -0.15) is 0 Å². The van der Waals surface area contributed by atoms with Crippen molar-refractivity contribution in [2.75, 3.05) is 18.0 Å². The van der Waals surface area contributed by atoms with Gasteiger partial charge in [-0.1, -0.05) is 20.3 Å². The Balaban J connectivity index is 1.98. The molecule has 1 fully saturated rings. The Kier molecular flexibility index (Phi) is 4.59. The summed E-state index contributed by atoms with van der Waals surface area (Å²) < 4.78 is 0. The molecule has 0 aromatic carbocycles. The van der Waals surface area contributed by atoms with Gasteiger partial charge in [0, 0.05) is 19.1 Å². The molecule has 2 unspecified atom stereocenters. The van der Waals surface area contributed by atoms with Gasteiger partial charge in [0.25, 0.3) is 0 Å². The van der Waals surface area contributed by atoms with Crippen LogP contribution in [0.4, 0.5) is 5.69 Å². The van der Waals surface area contributed by atoms with Gasteiger partial charge in [-0.3, -0.25) is 4.98 Å². The summed E-state index contributed by atoms with van der Waals surface area (Å²) in [5, 5.41) is 0. The van der Waals surface area contributed by atoms with Gasteiger partial charge in [0.15, 0.2) is 0 Å². The predicted octanol–water partition coefficient (Wildman–Crippen LogP) is 3.12. The van der Waals surface area contributed by atoms with E-state index in [-0.39, 0.29) is 6.04 Å². The van der Waals surface area contributed by atoms with E-state index in [9.17, 15) is 0 Å². The van der Waals surface area contributed by atoms with Crippen LogP contribution in [0.25, 0.3) is 0 Å². The number of anilines is 1. The molecular weight excluding hydrogens is 222 g/mol. The molecule has 2 atom stereocenters. The average molecular weight is 247 g/mol. The van der Waals surface area contributed by atoms with E-state index >= 15 is 0 Å². The molecule has 1 saturated heterocycles. The lowest BCUT2D eigenvalue weighted by molar-refractivity contribution is 0.530. The summed E-state index contributed by atoms with van der Waals surface area (Å²) in [6.45, 7) is 6.72. The van der Waals surface area contributed by atoms with Crippen LogP contribution in [0.3, 0.4) is 0 Å². The standard InChI is InChI=1S/C15H25N3/c1-3-5-12-8-9-18(11-12)13-6-7-15(17-10-13)14(16)4-2/h6-7,10,12,14H,3-5,8-9,11,16H2,1-2H3. The van der Waals surface area contributed by atoms with Gasteiger partial charge < -0.3 is 10.6 Å². The smallest absolute Gasteiger partial charge is 0.0572 e. The van der Waals surface area contributed by atoms with Crippen molar-refractivity contribution in [3.63, 3.8) is 0 Å². The van der Waals surface area contributed by atoms with Crippen LogP contribution < -0.4 is 10.6 Å². The largest absolute Gasteiger partial charge is 0.370 e. The summed E-state index contributed by atoms with van der Waals surface area (Å²) in [4.78, 5) is 6.95. The first-order valence-electron chi connectivity index (χ1n) is 7.21. The third-order valence-corrected chi connectivity index (χ3v) is 3.94. The van der Waals surface area contributed by atoms with Crippen LogP contribution in [0.2, 0.25) is 0 Å². The van der Waals surface area contributed by atoms with Crippen LogP contribution >= 0.6 is 0 Å². The predicted molar refractivity (Wildman–Crippen MR) is 76.7 cm³/mol. The number of hydrogen-bond acceptors (Lipinski definition) is 3. The zero-order valence-electron chi connectivity index (χ0n) is 11.6. The fourth-order valence-corrected chi connectivity index (χ4v) is 2.72. The molecule has 18 heavy (non-hydrogen) atoms. The molecule has 1 aliphatic heterocycles. The van der Waals surface area contributed by atoms with E-state index in [2.05, 4.69) is 35.9 Å². The van der Waals surface area contributed by atoms with E-state index in [0.29, 0.717) is 0 Å². The number of nitrogens with zero attached hydrogens (tertiary/aromatic N) is 2. The Hall–Kier alpha value is -1.09. The molecule has 0 aliphatic carbocycles. The van der Waals surface area contributed by atoms with Crippen LogP contribution in [0.1, 0.15) is 51.3 Å². The van der Waals surface area contributed by atoms with Gasteiger partial charge in [-0.15, -0.1) is 0 Å². The molecule has 100 valence electrons. The van der Waals surface area contributed by atoms with E-state index in [1.807, 2.05) is 6.20 Å². The van der Waals surface area contributed by atoms with Gasteiger partial charge in [0.05, 0.1) is 17.6 Å². The van der Waals surface area contributed by atoms with E-state index in [4.69, 9.17) is 5.73 Å². The van der Waals surface area contributed by atoms with Crippen molar-refractivity contribution in [2.24, 2.45) is 11.7 Å². The van der Waals surface area contributed by atoms with Crippen molar-refractivity contribution in [1.82, 2.24) is 4.98 Å². The van der Waals surface area contributed by atoms with Crippen molar-refractivity contribution >= 4 is 5.69 Å². The summed E-state index contributed by atoms with van der Waals surface area (Å²) in [6.07, 6.45) is 6.89. The second-order valence-electron chi connectivity index (χ2n) is 5.35. The second-order valence-corrected chi connectivity index (χ2v) is 5.35. The first-order valence-corrected chi connectivity index (χ1v) is 7.21. The Labute approximate surface area is 110 Å². The molecule has 2 heterocycles. The molecule has 1 aliphatic rings. The zero-order valence-corrected chi connectivity index (χ0v) is 11.6. The quantitative estimate of drug-likeness (QED) is 0.869. The third kappa shape index (κ3) is 3.02. The molecule has 0 radical (unpaired) electrons. The maximum Gasteiger partial charge on any atom is 0.0572 e. The Bertz CT molecular complexity index is 361. The number of hydrogen-bond donors (Lipinski definition) is 1. The molecule has 1 aromatic heterocycles. The van der Waals surface area contributed by atoms with E-state index in [1.165, 1.54) is 38.0 Å². The average Bonchev–Trinajstić information content (AvgIpc) is 2.87. The number of rotatable bonds is 5. The van der Waals surface area contributed by atoms with Gasteiger partial charge >= 0.3 is 0 Å². The molecule has 0 amide bonds. The van der Waals surface area contributed by atoms with Crippen LogP contribution in [-0.4, -0.2) is 18.1 Å². The van der Waals surface area contributed by atoms with Gasteiger partial charge in [-0.05, 0) is 37.3 Å². The number of pyridine rings is 1. The maximum atomic E-state index is 5.98. The summed E-state index contributed by atoms with van der Waals surface area (Å²) in [6, 6.07) is 4.33. The van der Waals surface area contributed by atoms with Gasteiger partial charge in [0.2, 0.25) is 0 Å². The van der Waals surface area contributed by atoms with Gasteiger partial charge in [0.1, 0.15) is 0 Å². The molecule has 0 spiro atoms. The third-order valence-electron chi connectivity index (χ3n) is 3.94. The topological polar surface area (TPSA) is 42.1 Å². The zero-order chi connectivity index (χ0) is 13.0. The highest BCUT2D eigenvalue weighted by Gasteiger charge is 2.22. The first kappa shape index (κ1) is 13.3. The van der Waals surface area contributed by atoms with Crippen molar-refractivity contribution in [1.29, 1.82) is 0 Å². The Morgan fingerprint density at radius 3 is 2.89 bits per heavy atom. The first-order chi connectivity index (χ1) is 8.74. The number of nitrogens with two attached hydrogens (primary N) is 1. The van der Waals surface area contributed by atoms with Crippen LogP contribution in [0, 0.1) is 5.92 Å². The van der Waals surface area contributed by atoms with Crippen LogP contribution in [0.15, 0.2) is 18.3 Å². The summed E-state index contributed by atoms with van der Waals surface area (Å²) in [5.74, 6) is 0.868. The van der Waals surface area contributed by atoms with E-state index in [1.54, 1.807) is 0 Å². The molecule has 1 aromatic rings. The minimum Gasteiger partial charge on any atom is -0.370 e. The van der Waals surface area contributed by atoms with Crippen molar-refractivity contribution in [3.8, 4) is 0 Å². The molecule has 2 N–H and O–H groups in total. The van der Waals surface area contributed by atoms with Crippen LogP contribution in [-0.2, 0) is 0 Å². The van der Waals surface area contributed by atoms with Crippen molar-refractivity contribution in [3.05, 3.63) is 24.0 Å². The highest BCUT2D eigenvalue weighted by molar-refractivity contribution is 5.45. The Morgan fingerprint density at radius 2 is 2.28 bits per heavy atom. The molecule has 3 heteroatoms. The molecule has 3 nitrogen and oxygen atoms in total. The van der Waals surface area contributed by atoms with Crippen molar-refractivity contribution < 1.29 is 0 Å². The lowest BCUT2D eigenvalue weighted by atomic mass is 10.0. The van der Waals surface area contributed by atoms with Gasteiger partial charge in [-0.25, -0.2) is 0 Å². The summed E-state index contributed by atoms with van der Waals surface area (Å²) >= 11 is 0. The fourth-order valence-electron chi connectivity index (χ4n) is 2.72. The minimum absolute atomic E-state index is 0.0745. The lowest BCUT2D eigenvalue weighted by Crippen LogP contribution is -2.20. The highest BCUT2D eigenvalue weighted by Crippen LogP contribution is 2.26. The van der Waals surface area contributed by atoms with E-state index < -0.39 is 0 Å². The molecular formula is C15H25N3. The van der Waals surface area contributed by atoms with Crippen LogP contribution in [0.5, 0.6) is 0 Å². The van der Waals surface area contributed by atoms with E-state index in [0.717, 1.165) is 18.0 Å². The minimum atomic E-state index is 0.0745. The SMILES string of the molecule is CCCC1CCN(c2ccc(C(N)CC)nc2)C1. The van der Waals surface area contributed by atoms with Crippen molar-refractivity contribution in [2.45, 2.75) is 45.6 Å². The lowest BCUT2D eigenvalue weighted by Gasteiger charge is -2.19. The monoisotopic (exact) mass is 247 g/mol. The summed E-state index contributed by atoms with van der Waals surface area (Å²) in [7, 11) is 0. The fraction of sp³-hybridized carbons (Fsp3) is 0.667. The highest BCUT2D eigenvalue weighted by atomic mass is 15.2. The maximum absolute atomic E-state index is 5.98. The molecule has 2 rings (SSSR count). The molecule has 0 saturated carbocycles.